The minimum absolute atomic E-state index is 0.138. The fourth-order valence-corrected chi connectivity index (χ4v) is 3.04. The maximum atomic E-state index is 10.8. The highest BCUT2D eigenvalue weighted by Crippen LogP contribution is 2.40. The van der Waals surface area contributed by atoms with E-state index in [0.29, 0.717) is 6.61 Å². The molecular formula is C14H19BrO3. The minimum atomic E-state index is -1.15. The molecule has 1 aliphatic rings. The summed E-state index contributed by atoms with van der Waals surface area (Å²) in [4.78, 5) is 0. The van der Waals surface area contributed by atoms with Gasteiger partial charge in [-0.25, -0.2) is 0 Å². The van der Waals surface area contributed by atoms with Crippen molar-refractivity contribution in [1.82, 2.24) is 0 Å². The highest BCUT2D eigenvalue weighted by atomic mass is 79.9. The number of benzene rings is 1. The van der Waals surface area contributed by atoms with Gasteiger partial charge in [0.2, 0.25) is 0 Å². The zero-order valence-corrected chi connectivity index (χ0v) is 12.1. The van der Waals surface area contributed by atoms with Gasteiger partial charge in [-0.2, -0.15) is 0 Å². The first-order valence-electron chi connectivity index (χ1n) is 6.27. The summed E-state index contributed by atoms with van der Waals surface area (Å²) in [6.07, 6.45) is 2.91. The van der Waals surface area contributed by atoms with Crippen LogP contribution in [0, 0.1) is 5.92 Å². The third kappa shape index (κ3) is 2.71. The Morgan fingerprint density at radius 2 is 2.17 bits per heavy atom. The third-order valence-corrected chi connectivity index (χ3v) is 3.99. The highest BCUT2D eigenvalue weighted by molar-refractivity contribution is 9.09. The lowest BCUT2D eigenvalue weighted by Crippen LogP contribution is -2.42. The average molecular weight is 315 g/mol. The molecule has 100 valence electrons. The van der Waals surface area contributed by atoms with Crippen molar-refractivity contribution < 1.29 is 14.6 Å². The van der Waals surface area contributed by atoms with Gasteiger partial charge in [0.15, 0.2) is 5.79 Å². The lowest BCUT2D eigenvalue weighted by Gasteiger charge is -2.40. The molecule has 0 amide bonds. The average Bonchev–Trinajstić information content (AvgIpc) is 2.42. The van der Waals surface area contributed by atoms with Crippen LogP contribution >= 0.6 is 15.9 Å². The first-order chi connectivity index (χ1) is 8.70. The van der Waals surface area contributed by atoms with Crippen molar-refractivity contribution in [1.29, 1.82) is 0 Å². The molecule has 2 atom stereocenters. The van der Waals surface area contributed by atoms with Crippen LogP contribution in [0.4, 0.5) is 0 Å². The minimum Gasteiger partial charge on any atom is -0.497 e. The van der Waals surface area contributed by atoms with Crippen LogP contribution in [0.3, 0.4) is 0 Å². The molecule has 0 spiro atoms. The molecular weight excluding hydrogens is 296 g/mol. The van der Waals surface area contributed by atoms with Crippen molar-refractivity contribution >= 4 is 15.9 Å². The first kappa shape index (κ1) is 13.8. The number of hydrogen-bond acceptors (Lipinski definition) is 3. The third-order valence-electron chi connectivity index (χ3n) is 3.53. The number of ether oxygens (including phenoxy) is 2. The Balaban J connectivity index is 2.25. The molecule has 1 fully saturated rings. The summed E-state index contributed by atoms with van der Waals surface area (Å²) in [6.45, 7) is 0.612. The molecule has 0 radical (unpaired) electrons. The second-order valence-electron chi connectivity index (χ2n) is 4.59. The largest absolute Gasteiger partial charge is 0.497 e. The van der Waals surface area contributed by atoms with Gasteiger partial charge in [-0.15, -0.1) is 0 Å². The molecule has 0 aliphatic carbocycles. The summed E-state index contributed by atoms with van der Waals surface area (Å²) in [7, 11) is 1.63. The molecule has 2 unspecified atom stereocenters. The van der Waals surface area contributed by atoms with Crippen molar-refractivity contribution in [2.45, 2.75) is 25.0 Å². The van der Waals surface area contributed by atoms with Crippen LogP contribution < -0.4 is 4.74 Å². The monoisotopic (exact) mass is 314 g/mol. The molecule has 1 aliphatic heterocycles. The van der Waals surface area contributed by atoms with Crippen LogP contribution in [0.1, 0.15) is 24.8 Å². The Morgan fingerprint density at radius 1 is 1.44 bits per heavy atom. The number of rotatable bonds is 4. The molecule has 1 aromatic rings. The van der Waals surface area contributed by atoms with E-state index >= 15 is 0 Å². The maximum absolute atomic E-state index is 10.8. The van der Waals surface area contributed by atoms with Crippen molar-refractivity contribution in [2.24, 2.45) is 5.92 Å². The Morgan fingerprint density at radius 3 is 2.78 bits per heavy atom. The number of methoxy groups -OCH3 is 1. The zero-order valence-electron chi connectivity index (χ0n) is 10.6. The number of halogens is 1. The molecule has 2 rings (SSSR count). The van der Waals surface area contributed by atoms with Crippen molar-refractivity contribution in [3.05, 3.63) is 29.8 Å². The zero-order chi connectivity index (χ0) is 13.0. The first-order valence-corrected chi connectivity index (χ1v) is 7.39. The fraction of sp³-hybridized carbons (Fsp3) is 0.571. The molecule has 0 bridgehead atoms. The number of aliphatic hydroxyl groups is 1. The highest BCUT2D eigenvalue weighted by Gasteiger charge is 2.41. The van der Waals surface area contributed by atoms with Crippen molar-refractivity contribution in [3.63, 3.8) is 0 Å². The van der Waals surface area contributed by atoms with E-state index in [1.54, 1.807) is 7.11 Å². The second kappa shape index (κ2) is 6.04. The quantitative estimate of drug-likeness (QED) is 0.868. The predicted molar refractivity (Wildman–Crippen MR) is 74.0 cm³/mol. The maximum Gasteiger partial charge on any atom is 0.195 e. The predicted octanol–water partition coefficient (Wildman–Crippen LogP) is 3.05. The fourth-order valence-electron chi connectivity index (χ4n) is 2.49. The van der Waals surface area contributed by atoms with Crippen molar-refractivity contribution in [3.8, 4) is 5.75 Å². The summed E-state index contributed by atoms with van der Waals surface area (Å²) in [5.74, 6) is -0.229. The van der Waals surface area contributed by atoms with Crippen LogP contribution in [-0.2, 0) is 10.5 Å². The van der Waals surface area contributed by atoms with Crippen LogP contribution in [0.15, 0.2) is 24.3 Å². The Hall–Kier alpha value is -0.580. The summed E-state index contributed by atoms with van der Waals surface area (Å²) < 4.78 is 10.8. The van der Waals surface area contributed by atoms with Crippen molar-refractivity contribution in [2.75, 3.05) is 19.0 Å². The molecule has 1 N–H and O–H groups in total. The van der Waals surface area contributed by atoms with Gasteiger partial charge in [0.05, 0.1) is 13.7 Å². The molecule has 4 heteroatoms. The molecule has 1 aromatic carbocycles. The Kier molecular flexibility index (Phi) is 4.65. The van der Waals surface area contributed by atoms with Gasteiger partial charge in [0.1, 0.15) is 5.75 Å². The normalized spacial score (nSPS) is 28.1. The van der Waals surface area contributed by atoms with Gasteiger partial charge in [-0.3, -0.25) is 0 Å². The van der Waals surface area contributed by atoms with Crippen LogP contribution in [0.25, 0.3) is 0 Å². The number of alkyl halides is 1. The van der Waals surface area contributed by atoms with E-state index in [-0.39, 0.29) is 5.92 Å². The van der Waals surface area contributed by atoms with E-state index in [1.165, 1.54) is 0 Å². The van der Waals surface area contributed by atoms with Gasteiger partial charge in [0, 0.05) is 16.8 Å². The molecule has 0 saturated carbocycles. The second-order valence-corrected chi connectivity index (χ2v) is 5.38. The van der Waals surface area contributed by atoms with E-state index in [2.05, 4.69) is 15.9 Å². The topological polar surface area (TPSA) is 38.7 Å². The van der Waals surface area contributed by atoms with Crippen LogP contribution in [0.2, 0.25) is 0 Å². The molecule has 18 heavy (non-hydrogen) atoms. The van der Waals surface area contributed by atoms with Gasteiger partial charge in [-0.1, -0.05) is 15.9 Å². The molecule has 0 aromatic heterocycles. The standard InChI is InChI=1S/C14H19BrO3/c1-17-13-6-4-12(5-7-13)14(16)11(8-9-15)3-2-10-18-14/h4-7,11,16H,2-3,8-10H2,1H3. The smallest absolute Gasteiger partial charge is 0.195 e. The lowest BCUT2D eigenvalue weighted by atomic mass is 9.84. The van der Waals surface area contributed by atoms with E-state index in [4.69, 9.17) is 9.47 Å². The Bertz CT molecular complexity index is 377. The van der Waals surface area contributed by atoms with E-state index in [1.807, 2.05) is 24.3 Å². The van der Waals surface area contributed by atoms with E-state index in [9.17, 15) is 5.11 Å². The SMILES string of the molecule is COc1ccc(C2(O)OCCCC2CCBr)cc1. The van der Waals surface area contributed by atoms with Gasteiger partial charge in [0.25, 0.3) is 0 Å². The van der Waals surface area contributed by atoms with Gasteiger partial charge >= 0.3 is 0 Å². The van der Waals surface area contributed by atoms with Crippen LogP contribution in [0.5, 0.6) is 5.75 Å². The lowest BCUT2D eigenvalue weighted by molar-refractivity contribution is -0.267. The molecule has 3 nitrogen and oxygen atoms in total. The summed E-state index contributed by atoms with van der Waals surface area (Å²) in [6, 6.07) is 7.48. The Labute approximate surface area is 116 Å². The number of hydrogen-bond donors (Lipinski definition) is 1. The van der Waals surface area contributed by atoms with Crippen LogP contribution in [-0.4, -0.2) is 24.2 Å². The molecule has 1 saturated heterocycles. The van der Waals surface area contributed by atoms with E-state index < -0.39 is 5.79 Å². The molecule has 1 heterocycles. The van der Waals surface area contributed by atoms with E-state index in [0.717, 1.165) is 35.9 Å². The van der Waals surface area contributed by atoms with Gasteiger partial charge < -0.3 is 14.6 Å². The summed E-state index contributed by atoms with van der Waals surface area (Å²) in [5, 5.41) is 11.7. The van der Waals surface area contributed by atoms with Gasteiger partial charge in [-0.05, 0) is 43.5 Å². The summed E-state index contributed by atoms with van der Waals surface area (Å²) >= 11 is 3.45. The summed E-state index contributed by atoms with van der Waals surface area (Å²) in [5.41, 5.74) is 0.814.